The van der Waals surface area contributed by atoms with Crippen molar-refractivity contribution < 1.29 is 0 Å². The van der Waals surface area contributed by atoms with Gasteiger partial charge in [-0.05, 0) is 0 Å². The van der Waals surface area contributed by atoms with E-state index in [0.717, 1.165) is 0 Å². The molecule has 0 fully saturated rings. The summed E-state index contributed by atoms with van der Waals surface area (Å²) in [4.78, 5) is 0. The van der Waals surface area contributed by atoms with Gasteiger partial charge in [0.1, 0.15) is 0 Å². The summed E-state index contributed by atoms with van der Waals surface area (Å²) in [6.07, 6.45) is 0. The van der Waals surface area contributed by atoms with Gasteiger partial charge in [-0.1, -0.05) is 0 Å². The van der Waals surface area contributed by atoms with Gasteiger partial charge in [0.15, 0.2) is 0 Å². The Hall–Kier alpha value is -0.183. The van der Waals surface area contributed by atoms with Gasteiger partial charge >= 0.3 is 90.8 Å². The molecule has 0 saturated carbocycles. The summed E-state index contributed by atoms with van der Waals surface area (Å²) in [6.45, 7) is 9.03. The molecule has 0 nitrogen and oxygen atoms in total. The van der Waals surface area contributed by atoms with Gasteiger partial charge in [-0.3, -0.25) is 0 Å². The fraction of sp³-hybridized carbons (Fsp3) is 0.500. The van der Waals surface area contributed by atoms with Crippen molar-refractivity contribution in [3.8, 4) is 0 Å². The topological polar surface area (TPSA) is 0 Å². The zero-order chi connectivity index (χ0) is 10.0. The van der Waals surface area contributed by atoms with Crippen molar-refractivity contribution in [3.63, 3.8) is 0 Å². The second kappa shape index (κ2) is 4.36. The van der Waals surface area contributed by atoms with Crippen LogP contribution < -0.4 is 4.24 Å². The Morgan fingerprint density at radius 1 is 0.923 bits per heavy atom. The average Bonchev–Trinajstić information content (AvgIpc) is 2.03. The second-order valence-electron chi connectivity index (χ2n) is 4.37. The Bertz CT molecular complexity index is 261. The molecule has 1 aromatic rings. The zero-order valence-electron chi connectivity index (χ0n) is 9.39. The first-order chi connectivity index (χ1) is 6.04. The fourth-order valence-electron chi connectivity index (χ4n) is 1.92. The van der Waals surface area contributed by atoms with Crippen LogP contribution in [-0.2, 0) is 0 Å². The van der Waals surface area contributed by atoms with E-state index in [1.807, 2.05) is 0 Å². The standard InChI is InChI=1S/C12H17.Li/c1-9(2)11-6-5-7-12(8-11)10(3)4;/h5-7,9-10H,1-4H3;. The molecule has 0 saturated heterocycles. The molecule has 0 radical (unpaired) electrons. The van der Waals surface area contributed by atoms with Crippen LogP contribution in [0.15, 0.2) is 18.2 Å². The molecule has 66 valence electrons. The third kappa shape index (κ3) is 2.39. The molecule has 1 rings (SSSR count). The molecule has 0 aliphatic carbocycles. The van der Waals surface area contributed by atoms with Crippen LogP contribution in [0.4, 0.5) is 0 Å². The van der Waals surface area contributed by atoms with Crippen molar-refractivity contribution in [2.24, 2.45) is 0 Å². The molecular formula is C12H17Li. The van der Waals surface area contributed by atoms with Gasteiger partial charge in [0.25, 0.3) is 0 Å². The van der Waals surface area contributed by atoms with Crippen molar-refractivity contribution in [3.05, 3.63) is 29.3 Å². The third-order valence-corrected chi connectivity index (χ3v) is 2.66. The molecule has 0 aliphatic rings. The summed E-state index contributed by atoms with van der Waals surface area (Å²) in [5.41, 5.74) is 2.98. The SMILES string of the molecule is [Li][c]1c(C(C)C)cccc1C(C)C. The summed E-state index contributed by atoms with van der Waals surface area (Å²) in [5.74, 6) is 1.28. The van der Waals surface area contributed by atoms with Crippen molar-refractivity contribution >= 4 is 22.0 Å². The molecular weight excluding hydrogens is 151 g/mol. The van der Waals surface area contributed by atoms with Crippen LogP contribution in [0.1, 0.15) is 50.7 Å². The van der Waals surface area contributed by atoms with Crippen LogP contribution in [0.2, 0.25) is 0 Å². The molecule has 0 heterocycles. The van der Waals surface area contributed by atoms with Crippen molar-refractivity contribution in [2.45, 2.75) is 39.5 Å². The number of hydrogen-bond donors (Lipinski definition) is 0. The molecule has 1 heteroatoms. The molecule has 0 unspecified atom stereocenters. The summed E-state index contributed by atoms with van der Waals surface area (Å²) in [6, 6.07) is 6.66. The van der Waals surface area contributed by atoms with Gasteiger partial charge in [-0.15, -0.1) is 0 Å². The number of rotatable bonds is 2. The van der Waals surface area contributed by atoms with Gasteiger partial charge < -0.3 is 0 Å². The van der Waals surface area contributed by atoms with E-state index in [0.29, 0.717) is 11.8 Å². The fourth-order valence-corrected chi connectivity index (χ4v) is 1.92. The van der Waals surface area contributed by atoms with Crippen LogP contribution in [0.3, 0.4) is 0 Å². The normalized spacial score (nSPS) is 11.4. The molecule has 0 amide bonds. The van der Waals surface area contributed by atoms with E-state index < -0.39 is 0 Å². The summed E-state index contributed by atoms with van der Waals surface area (Å²) < 4.78 is 1.48. The van der Waals surface area contributed by atoms with E-state index in [1.165, 1.54) is 15.4 Å². The minimum absolute atomic E-state index is 0.638. The maximum atomic E-state index is 2.26. The Labute approximate surface area is 90.9 Å². The van der Waals surface area contributed by atoms with E-state index in [-0.39, 0.29) is 0 Å². The molecule has 0 N–H and O–H groups in total. The molecule has 0 atom stereocenters. The predicted molar refractivity (Wildman–Crippen MR) is 60.0 cm³/mol. The average molecular weight is 168 g/mol. The first kappa shape index (κ1) is 10.9. The quantitative estimate of drug-likeness (QED) is 0.595. The van der Waals surface area contributed by atoms with Crippen LogP contribution >= 0.6 is 0 Å². The first-order valence-corrected chi connectivity index (χ1v) is 5.13. The van der Waals surface area contributed by atoms with E-state index in [1.54, 1.807) is 0 Å². The third-order valence-electron chi connectivity index (χ3n) is 2.66. The van der Waals surface area contributed by atoms with Gasteiger partial charge in [0.2, 0.25) is 0 Å². The monoisotopic (exact) mass is 168 g/mol. The molecule has 0 aromatic heterocycles. The van der Waals surface area contributed by atoms with Crippen LogP contribution in [-0.4, -0.2) is 17.7 Å². The van der Waals surface area contributed by atoms with Crippen molar-refractivity contribution in [1.29, 1.82) is 0 Å². The molecule has 1 aromatic carbocycles. The number of benzene rings is 1. The summed E-state index contributed by atoms with van der Waals surface area (Å²) in [7, 11) is 0. The van der Waals surface area contributed by atoms with Gasteiger partial charge in [-0.2, -0.15) is 0 Å². The maximum absolute atomic E-state index is 2.26. The zero-order valence-corrected chi connectivity index (χ0v) is 9.39. The van der Waals surface area contributed by atoms with Gasteiger partial charge in [-0.25, -0.2) is 0 Å². The number of hydrogen-bond acceptors (Lipinski definition) is 0. The van der Waals surface area contributed by atoms with Crippen LogP contribution in [0.25, 0.3) is 0 Å². The Balaban J connectivity index is 3.18. The van der Waals surface area contributed by atoms with Gasteiger partial charge in [0, 0.05) is 0 Å². The predicted octanol–water partition coefficient (Wildman–Crippen LogP) is 2.73. The van der Waals surface area contributed by atoms with E-state index >= 15 is 0 Å². The first-order valence-electron chi connectivity index (χ1n) is 5.13. The van der Waals surface area contributed by atoms with Crippen LogP contribution in [0, 0.1) is 0 Å². The molecule has 0 aliphatic heterocycles. The Morgan fingerprint density at radius 3 is 1.62 bits per heavy atom. The van der Waals surface area contributed by atoms with Crippen molar-refractivity contribution in [1.82, 2.24) is 0 Å². The molecule has 13 heavy (non-hydrogen) atoms. The van der Waals surface area contributed by atoms with Crippen LogP contribution in [0.5, 0.6) is 0 Å². The second-order valence-corrected chi connectivity index (χ2v) is 4.37. The van der Waals surface area contributed by atoms with E-state index in [2.05, 4.69) is 63.6 Å². The minimum atomic E-state index is 0.638. The van der Waals surface area contributed by atoms with Crippen molar-refractivity contribution in [2.75, 3.05) is 0 Å². The molecule has 0 spiro atoms. The molecule has 0 bridgehead atoms. The Morgan fingerprint density at radius 2 is 1.31 bits per heavy atom. The summed E-state index contributed by atoms with van der Waals surface area (Å²) >= 11 is 2.24. The summed E-state index contributed by atoms with van der Waals surface area (Å²) in [5, 5.41) is 0. The van der Waals surface area contributed by atoms with E-state index in [4.69, 9.17) is 0 Å². The Kier molecular flexibility index (Phi) is 3.65. The van der Waals surface area contributed by atoms with Gasteiger partial charge in [0.05, 0.1) is 0 Å². The van der Waals surface area contributed by atoms with E-state index in [9.17, 15) is 0 Å².